The molecular weight excluding hydrogens is 817 g/mol. The lowest BCUT2D eigenvalue weighted by Gasteiger charge is -2.35. The van der Waals surface area contributed by atoms with Gasteiger partial charge in [-0.05, 0) is 140 Å². The molecule has 3 heteroatoms. The Kier molecular flexibility index (Phi) is 7.41. The van der Waals surface area contributed by atoms with Crippen LogP contribution in [0.1, 0.15) is 31.8 Å². The van der Waals surface area contributed by atoms with Gasteiger partial charge in [-0.1, -0.05) is 170 Å². The third-order valence-corrected chi connectivity index (χ3v) is 14.3. The molecule has 310 valence electrons. The molecule has 1 aliphatic rings. The Morgan fingerprint density at radius 3 is 1.55 bits per heavy atom. The van der Waals surface area contributed by atoms with Crippen molar-refractivity contribution in [1.29, 1.82) is 0 Å². The van der Waals surface area contributed by atoms with E-state index in [1.165, 1.54) is 0 Å². The Bertz CT molecular complexity index is 4150. The largest absolute Gasteiger partial charge is 0.310 e. The Morgan fingerprint density at radius 1 is 0.333 bits per heavy atom. The molecule has 1 aliphatic carbocycles. The van der Waals surface area contributed by atoms with Crippen molar-refractivity contribution in [1.82, 2.24) is 0 Å². The molecule has 1 atom stereocenters. The number of benzene rings is 11. The van der Waals surface area contributed by atoms with Crippen molar-refractivity contribution in [3.8, 4) is 11.1 Å². The first-order valence-corrected chi connectivity index (χ1v) is 22.9. The minimum atomic E-state index is -1.45. The minimum Gasteiger partial charge on any atom is -0.310 e. The molecule has 0 saturated heterocycles. The van der Waals surface area contributed by atoms with Gasteiger partial charge in [0, 0.05) is 54.3 Å². The number of thiophene rings is 1. The molecule has 13 rings (SSSR count). The quantitative estimate of drug-likeness (QED) is 0.150. The van der Waals surface area contributed by atoms with Gasteiger partial charge >= 0.3 is 0 Å². The fourth-order valence-electron chi connectivity index (χ4n) is 10.3. The van der Waals surface area contributed by atoms with Crippen molar-refractivity contribution in [2.45, 2.75) is 5.41 Å². The third-order valence-electron chi connectivity index (χ3n) is 13.2. The predicted octanol–water partition coefficient (Wildman–Crippen LogP) is 17.7. The highest BCUT2D eigenvalue weighted by Gasteiger charge is 2.47. The van der Waals surface area contributed by atoms with E-state index in [0.29, 0.717) is 0 Å². The molecule has 0 fully saturated rings. The second kappa shape index (κ2) is 15.5. The molecule has 1 unspecified atom stereocenters. The maximum atomic E-state index is 10.1. The second-order valence-electron chi connectivity index (χ2n) is 16.7. The SMILES string of the molecule is [2H]c1c([2H])c([2H])c2c(C3(c4ccc5c(c4)sc4ccccc45)c4ccc(N(c5ccccc5)c5ccccc5)cc4-c4cc(N(c5ccccc5)c5ccc6ccccc6c5)ccc43)c([2H])c([2H])c([2H])c2c1[2H]. The van der Waals surface area contributed by atoms with Gasteiger partial charge in [0.2, 0.25) is 0 Å². The van der Waals surface area contributed by atoms with E-state index in [0.717, 1.165) is 92.9 Å². The molecule has 2 nitrogen and oxygen atoms in total. The summed E-state index contributed by atoms with van der Waals surface area (Å²) in [5.41, 5.74) is 8.36. The molecule has 12 aromatic rings. The van der Waals surface area contributed by atoms with Gasteiger partial charge < -0.3 is 9.80 Å². The van der Waals surface area contributed by atoms with E-state index >= 15 is 0 Å². The minimum absolute atomic E-state index is 0.0534. The lowest BCUT2D eigenvalue weighted by Crippen LogP contribution is -2.29. The highest BCUT2D eigenvalue weighted by molar-refractivity contribution is 7.25. The zero-order chi connectivity index (χ0) is 49.7. The first-order valence-electron chi connectivity index (χ1n) is 25.6. The summed E-state index contributed by atoms with van der Waals surface area (Å²) in [5, 5.41) is 4.38. The molecule has 66 heavy (non-hydrogen) atoms. The van der Waals surface area contributed by atoms with Crippen LogP contribution in [0.3, 0.4) is 0 Å². The summed E-state index contributed by atoms with van der Waals surface area (Å²) in [6.07, 6.45) is 0. The molecular formula is C63H42N2S. The normalized spacial score (nSPS) is 15.6. The molecule has 0 spiro atoms. The average molecular weight is 866 g/mol. The summed E-state index contributed by atoms with van der Waals surface area (Å²) in [7, 11) is 0. The van der Waals surface area contributed by atoms with Gasteiger partial charge in [-0.2, -0.15) is 0 Å². The summed E-state index contributed by atoms with van der Waals surface area (Å²) in [5.74, 6) is 0. The number of hydrogen-bond acceptors (Lipinski definition) is 3. The lowest BCUT2D eigenvalue weighted by molar-refractivity contribution is 0.778. The van der Waals surface area contributed by atoms with Crippen LogP contribution in [0.25, 0.3) is 52.8 Å². The van der Waals surface area contributed by atoms with Crippen LogP contribution in [0.2, 0.25) is 0 Å². The molecule has 1 heterocycles. The van der Waals surface area contributed by atoms with Gasteiger partial charge in [0.05, 0.1) is 15.0 Å². The first-order chi connectivity index (χ1) is 35.6. The van der Waals surface area contributed by atoms with Crippen molar-refractivity contribution in [3.05, 3.63) is 277 Å². The number of fused-ring (bicyclic) bond motifs is 8. The molecule has 0 saturated carbocycles. The molecule has 0 amide bonds. The van der Waals surface area contributed by atoms with E-state index in [2.05, 4.69) is 143 Å². The van der Waals surface area contributed by atoms with Gasteiger partial charge in [0.1, 0.15) is 0 Å². The van der Waals surface area contributed by atoms with E-state index in [9.17, 15) is 6.85 Å². The Morgan fingerprint density at radius 2 is 0.864 bits per heavy atom. The van der Waals surface area contributed by atoms with E-state index in [1.54, 1.807) is 11.3 Å². The monoisotopic (exact) mass is 865 g/mol. The number of nitrogens with zero attached hydrogens (tertiary/aromatic N) is 2. The summed E-state index contributed by atoms with van der Waals surface area (Å²) in [4.78, 5) is 4.47. The molecule has 0 aliphatic heterocycles. The fourth-order valence-corrected chi connectivity index (χ4v) is 11.5. The van der Waals surface area contributed by atoms with Gasteiger partial charge in [-0.25, -0.2) is 0 Å². The molecule has 0 N–H and O–H groups in total. The number of rotatable bonds is 8. The van der Waals surface area contributed by atoms with E-state index in [-0.39, 0.29) is 28.4 Å². The van der Waals surface area contributed by atoms with E-state index in [1.807, 2.05) is 78.9 Å². The second-order valence-corrected chi connectivity index (χ2v) is 17.8. The van der Waals surface area contributed by atoms with Crippen LogP contribution in [0, 0.1) is 0 Å². The number of anilines is 6. The van der Waals surface area contributed by atoms with Crippen LogP contribution in [-0.2, 0) is 5.41 Å². The molecule has 0 radical (unpaired) electrons. The van der Waals surface area contributed by atoms with Gasteiger partial charge in [0.15, 0.2) is 0 Å². The standard InChI is InChI=1S/C63H42N2S/c1-4-21-47(22-5-1)64(48-23-6-2-7-24-48)51-34-37-59-56(41-51)57-42-52(65(49-25-8-3-9-26-49)50-33-31-43-17-10-11-19-45(43)39-50)35-38-60(57)63(59,58-29-16-20-44-18-12-13-27-53(44)58)46-32-36-55-54-28-14-15-30-61(54)66-62(55)40-46/h1-42H/i12D,13D,16D,18D,20D,27D,29D. The van der Waals surface area contributed by atoms with Crippen LogP contribution in [0.4, 0.5) is 34.1 Å². The van der Waals surface area contributed by atoms with Crippen molar-refractivity contribution >= 4 is 87.2 Å². The molecule has 11 aromatic carbocycles. The van der Waals surface area contributed by atoms with Crippen LogP contribution in [0.5, 0.6) is 0 Å². The topological polar surface area (TPSA) is 6.48 Å². The summed E-state index contributed by atoms with van der Waals surface area (Å²) in [6, 6.07) is 70.2. The van der Waals surface area contributed by atoms with Gasteiger partial charge in [0.25, 0.3) is 0 Å². The maximum Gasteiger partial charge on any atom is 0.0720 e. The zero-order valence-corrected chi connectivity index (χ0v) is 36.3. The lowest BCUT2D eigenvalue weighted by atomic mass is 9.66. The smallest absolute Gasteiger partial charge is 0.0720 e. The highest BCUT2D eigenvalue weighted by Crippen LogP contribution is 2.60. The first kappa shape index (κ1) is 31.6. The summed E-state index contributed by atoms with van der Waals surface area (Å²) < 4.78 is 68.0. The Balaban J connectivity index is 1.19. The van der Waals surface area contributed by atoms with E-state index in [4.69, 9.17) is 2.74 Å². The maximum absolute atomic E-state index is 10.1. The van der Waals surface area contributed by atoms with Crippen LogP contribution in [0.15, 0.2) is 255 Å². The van der Waals surface area contributed by atoms with Gasteiger partial charge in [-0.3, -0.25) is 0 Å². The highest BCUT2D eigenvalue weighted by atomic mass is 32.1. The van der Waals surface area contributed by atoms with E-state index < -0.39 is 35.6 Å². The fraction of sp³-hybridized carbons (Fsp3) is 0.0159. The Labute approximate surface area is 398 Å². The molecule has 0 bridgehead atoms. The van der Waals surface area contributed by atoms with Crippen LogP contribution < -0.4 is 9.80 Å². The Hall–Kier alpha value is -8.24. The summed E-state index contributed by atoms with van der Waals surface area (Å²) in [6.45, 7) is 0. The predicted molar refractivity (Wildman–Crippen MR) is 281 cm³/mol. The van der Waals surface area contributed by atoms with Crippen molar-refractivity contribution in [2.75, 3.05) is 9.80 Å². The van der Waals surface area contributed by atoms with Gasteiger partial charge in [-0.15, -0.1) is 11.3 Å². The average Bonchev–Trinajstić information content (AvgIpc) is 3.95. The van der Waals surface area contributed by atoms with Crippen molar-refractivity contribution in [3.63, 3.8) is 0 Å². The summed E-state index contributed by atoms with van der Waals surface area (Å²) >= 11 is 1.67. The molecule has 1 aromatic heterocycles. The van der Waals surface area contributed by atoms with Crippen molar-refractivity contribution in [2.24, 2.45) is 0 Å². The zero-order valence-electron chi connectivity index (χ0n) is 42.5. The third kappa shape index (κ3) is 6.01. The number of hydrogen-bond donors (Lipinski definition) is 0. The van der Waals surface area contributed by atoms with Crippen molar-refractivity contribution < 1.29 is 9.60 Å². The van der Waals surface area contributed by atoms with Crippen LogP contribution in [-0.4, -0.2) is 0 Å². The number of para-hydroxylation sites is 3. The van der Waals surface area contributed by atoms with Crippen LogP contribution >= 0.6 is 11.3 Å².